The highest BCUT2D eigenvalue weighted by molar-refractivity contribution is 6.12. The predicted octanol–water partition coefficient (Wildman–Crippen LogP) is 12.8. The van der Waals surface area contributed by atoms with Gasteiger partial charge in [-0.1, -0.05) is 115 Å². The van der Waals surface area contributed by atoms with Crippen LogP contribution in [0, 0.1) is 0 Å². The first kappa shape index (κ1) is 35.0. The summed E-state index contributed by atoms with van der Waals surface area (Å²) in [4.78, 5) is 29.5. The van der Waals surface area contributed by atoms with Crippen LogP contribution in [0.5, 0.6) is 0 Å². The SMILES string of the molecule is c1ccc(-c2nc(-c3ccccc3)nc(-n3c4ccccc4c4cc(-c5ccc6c7ccccc7n(-c7cncc(-c8ccc9oc%10cccnc%10c9n8)c7)c6c5)ccc43)n2)cc1. The van der Waals surface area contributed by atoms with E-state index in [0.717, 1.165) is 88.5 Å². The van der Waals surface area contributed by atoms with E-state index >= 15 is 0 Å². The fourth-order valence-electron chi connectivity index (χ4n) is 9.01. The second-order valence-corrected chi connectivity index (χ2v) is 15.6. The van der Waals surface area contributed by atoms with E-state index in [0.29, 0.717) is 28.8 Å². The number of furan rings is 1. The maximum absolute atomic E-state index is 6.02. The lowest BCUT2D eigenvalue weighted by atomic mass is 10.0. The van der Waals surface area contributed by atoms with Crippen LogP contribution in [0.1, 0.15) is 0 Å². The van der Waals surface area contributed by atoms with Gasteiger partial charge in [-0.05, 0) is 71.8 Å². The number of nitrogens with zero attached hydrogens (tertiary/aromatic N) is 8. The Morgan fingerprint density at radius 1 is 0.381 bits per heavy atom. The largest absolute Gasteiger partial charge is 0.453 e. The summed E-state index contributed by atoms with van der Waals surface area (Å²) in [7, 11) is 0. The molecule has 0 atom stereocenters. The molecule has 0 aliphatic carbocycles. The third-order valence-electron chi connectivity index (χ3n) is 11.9. The normalized spacial score (nSPS) is 11.8. The third-order valence-corrected chi connectivity index (χ3v) is 11.9. The summed E-state index contributed by atoms with van der Waals surface area (Å²) in [5.74, 6) is 1.80. The molecule has 63 heavy (non-hydrogen) atoms. The number of benzene rings is 6. The van der Waals surface area contributed by atoms with E-state index < -0.39 is 0 Å². The van der Waals surface area contributed by atoms with Gasteiger partial charge < -0.3 is 8.98 Å². The van der Waals surface area contributed by atoms with Crippen LogP contribution in [-0.2, 0) is 0 Å². The van der Waals surface area contributed by atoms with E-state index in [1.807, 2.05) is 97.3 Å². The molecule has 0 unspecified atom stereocenters. The second kappa shape index (κ2) is 13.9. The minimum absolute atomic E-state index is 0.563. The van der Waals surface area contributed by atoms with Crippen LogP contribution >= 0.6 is 0 Å². The van der Waals surface area contributed by atoms with Gasteiger partial charge in [-0.15, -0.1) is 0 Å². The van der Waals surface area contributed by atoms with Gasteiger partial charge in [-0.3, -0.25) is 14.5 Å². The molecular weight excluding hydrogens is 777 g/mol. The van der Waals surface area contributed by atoms with Crippen molar-refractivity contribution in [2.45, 2.75) is 0 Å². The molecule has 13 aromatic rings. The second-order valence-electron chi connectivity index (χ2n) is 15.6. The van der Waals surface area contributed by atoms with Gasteiger partial charge in [0.25, 0.3) is 0 Å². The predicted molar refractivity (Wildman–Crippen MR) is 251 cm³/mol. The summed E-state index contributed by atoms with van der Waals surface area (Å²) in [5.41, 5.74) is 13.8. The molecule has 0 aliphatic rings. The van der Waals surface area contributed by atoms with Crippen molar-refractivity contribution in [3.63, 3.8) is 0 Å². The molecule has 0 aliphatic heterocycles. The Morgan fingerprint density at radius 2 is 1.02 bits per heavy atom. The molecule has 9 nitrogen and oxygen atoms in total. The summed E-state index contributed by atoms with van der Waals surface area (Å²) in [6, 6.07) is 60.5. The van der Waals surface area contributed by atoms with Gasteiger partial charge in [-0.2, -0.15) is 9.97 Å². The number of hydrogen-bond donors (Lipinski definition) is 0. The average molecular weight is 809 g/mol. The first-order valence-corrected chi connectivity index (χ1v) is 20.8. The number of rotatable bonds is 6. The monoisotopic (exact) mass is 808 g/mol. The highest BCUT2D eigenvalue weighted by atomic mass is 16.3. The number of aromatic nitrogens is 8. The van der Waals surface area contributed by atoms with Gasteiger partial charge in [0, 0.05) is 50.6 Å². The zero-order chi connectivity index (χ0) is 41.4. The zero-order valence-electron chi connectivity index (χ0n) is 33.5. The highest BCUT2D eigenvalue weighted by Gasteiger charge is 2.20. The Hall–Kier alpha value is -8.82. The molecule has 294 valence electrons. The molecule has 0 radical (unpaired) electrons. The number of hydrogen-bond acceptors (Lipinski definition) is 7. The van der Waals surface area contributed by atoms with Gasteiger partial charge in [0.1, 0.15) is 11.0 Å². The van der Waals surface area contributed by atoms with Crippen molar-refractivity contribution in [2.24, 2.45) is 0 Å². The van der Waals surface area contributed by atoms with E-state index in [9.17, 15) is 0 Å². The van der Waals surface area contributed by atoms with Crippen LogP contribution in [0.2, 0.25) is 0 Å². The van der Waals surface area contributed by atoms with Crippen molar-refractivity contribution in [3.8, 4) is 56.8 Å². The minimum Gasteiger partial charge on any atom is -0.453 e. The van der Waals surface area contributed by atoms with E-state index in [-0.39, 0.29) is 0 Å². The number of para-hydroxylation sites is 2. The molecule has 0 N–H and O–H groups in total. The first-order valence-electron chi connectivity index (χ1n) is 20.8. The third kappa shape index (κ3) is 5.64. The molecule has 13 rings (SSSR count). The molecule has 7 aromatic heterocycles. The molecule has 0 bridgehead atoms. The van der Waals surface area contributed by atoms with Gasteiger partial charge in [0.2, 0.25) is 5.95 Å². The summed E-state index contributed by atoms with van der Waals surface area (Å²) < 4.78 is 10.5. The Kier molecular flexibility index (Phi) is 7.70. The van der Waals surface area contributed by atoms with Crippen LogP contribution < -0.4 is 0 Å². The molecule has 7 heterocycles. The topological polar surface area (TPSA) is 100 Å². The molecule has 9 heteroatoms. The minimum atomic E-state index is 0.563. The molecule has 0 fully saturated rings. The molecule has 0 spiro atoms. The fourth-order valence-corrected chi connectivity index (χ4v) is 9.01. The van der Waals surface area contributed by atoms with Gasteiger partial charge >= 0.3 is 0 Å². The van der Waals surface area contributed by atoms with Crippen molar-refractivity contribution in [1.29, 1.82) is 0 Å². The quantitative estimate of drug-likeness (QED) is 0.165. The van der Waals surface area contributed by atoms with Gasteiger partial charge in [0.05, 0.1) is 39.6 Å². The lowest BCUT2D eigenvalue weighted by Gasteiger charge is -2.11. The summed E-state index contributed by atoms with van der Waals surface area (Å²) in [6.07, 6.45) is 5.55. The van der Waals surface area contributed by atoms with Gasteiger partial charge in [-0.25, -0.2) is 9.97 Å². The summed E-state index contributed by atoms with van der Waals surface area (Å²) >= 11 is 0. The summed E-state index contributed by atoms with van der Waals surface area (Å²) in [5, 5.41) is 4.54. The smallest absolute Gasteiger partial charge is 0.238 e. The average Bonchev–Trinajstić information content (AvgIpc) is 4.01. The highest BCUT2D eigenvalue weighted by Crippen LogP contribution is 2.39. The fraction of sp³-hybridized carbons (Fsp3) is 0. The molecule has 0 saturated carbocycles. The number of fused-ring (bicyclic) bond motifs is 9. The van der Waals surface area contributed by atoms with Crippen LogP contribution in [0.15, 0.2) is 199 Å². The maximum atomic E-state index is 6.02. The van der Waals surface area contributed by atoms with Crippen molar-refractivity contribution in [1.82, 2.24) is 39.0 Å². The lowest BCUT2D eigenvalue weighted by Crippen LogP contribution is -2.06. The van der Waals surface area contributed by atoms with Crippen molar-refractivity contribution in [2.75, 3.05) is 0 Å². The Bertz CT molecular complexity index is 3870. The van der Waals surface area contributed by atoms with Crippen molar-refractivity contribution in [3.05, 3.63) is 195 Å². The van der Waals surface area contributed by atoms with E-state index in [4.69, 9.17) is 29.3 Å². The van der Waals surface area contributed by atoms with Crippen molar-refractivity contribution < 1.29 is 4.42 Å². The molecule has 0 amide bonds. The Morgan fingerprint density at radius 3 is 1.79 bits per heavy atom. The van der Waals surface area contributed by atoms with Crippen LogP contribution in [-0.4, -0.2) is 39.0 Å². The Balaban J connectivity index is 0.961. The first-order chi connectivity index (χ1) is 31.2. The number of pyridine rings is 3. The van der Waals surface area contributed by atoms with E-state index in [2.05, 4.69) is 105 Å². The summed E-state index contributed by atoms with van der Waals surface area (Å²) in [6.45, 7) is 0. The van der Waals surface area contributed by atoms with Crippen LogP contribution in [0.25, 0.3) is 123 Å². The lowest BCUT2D eigenvalue weighted by molar-refractivity contribution is 0.667. The van der Waals surface area contributed by atoms with E-state index in [1.165, 1.54) is 5.39 Å². The van der Waals surface area contributed by atoms with Gasteiger partial charge in [0.15, 0.2) is 22.8 Å². The standard InChI is InChI=1S/C54H32N8O/c1-3-12-33(13-4-1)52-58-53(34-14-5-2-6-15-34)60-54(59-52)62-45-19-10-8-17-40(45)42-29-35(22-25-46(42)62)36-21-23-41-39-16-7-9-18-44(39)61(47(41)30-36)38-28-37(31-55-32-38)43-24-26-49-51(57-43)50-48(63-49)20-11-27-56-50/h1-32H. The van der Waals surface area contributed by atoms with Crippen LogP contribution in [0.4, 0.5) is 0 Å². The van der Waals surface area contributed by atoms with Crippen molar-refractivity contribution >= 4 is 65.8 Å². The molecule has 0 saturated heterocycles. The molecular formula is C54H32N8O. The van der Waals surface area contributed by atoms with E-state index in [1.54, 1.807) is 6.20 Å². The molecule has 6 aromatic carbocycles. The van der Waals surface area contributed by atoms with Crippen LogP contribution in [0.3, 0.4) is 0 Å². The maximum Gasteiger partial charge on any atom is 0.238 e. The Labute approximate surface area is 359 Å². The zero-order valence-corrected chi connectivity index (χ0v) is 33.5.